The Morgan fingerprint density at radius 2 is 2.22 bits per heavy atom. The lowest BCUT2D eigenvalue weighted by Crippen LogP contribution is -2.21. The number of aliphatic hydroxyl groups excluding tert-OH is 1. The van der Waals surface area contributed by atoms with E-state index in [2.05, 4.69) is 5.32 Å². The maximum absolute atomic E-state index is 10.9. The van der Waals surface area contributed by atoms with Gasteiger partial charge in [0.2, 0.25) is 0 Å². The molecule has 0 aromatic carbocycles. The van der Waals surface area contributed by atoms with E-state index in [0.29, 0.717) is 18.0 Å². The van der Waals surface area contributed by atoms with Gasteiger partial charge in [0.25, 0.3) is 0 Å². The number of carboxylic acids is 1. The highest BCUT2D eigenvalue weighted by Gasteiger charge is 2.12. The average Bonchev–Trinajstić information content (AvgIpc) is 2.99. The quantitative estimate of drug-likeness (QED) is 0.761. The fraction of sp³-hybridized carbons (Fsp3) is 0.250. The molecule has 18 heavy (non-hydrogen) atoms. The van der Waals surface area contributed by atoms with Crippen molar-refractivity contribution >= 4 is 28.6 Å². The average molecular weight is 283 g/mol. The maximum atomic E-state index is 10.9. The molecule has 0 saturated carbocycles. The molecule has 0 aliphatic rings. The minimum atomic E-state index is -0.903. The first-order valence-corrected chi connectivity index (χ1v) is 7.21. The molecule has 1 unspecified atom stereocenters. The van der Waals surface area contributed by atoms with Crippen LogP contribution in [0.1, 0.15) is 26.9 Å². The molecule has 0 bridgehead atoms. The van der Waals surface area contributed by atoms with Gasteiger partial charge in [0.05, 0.1) is 6.10 Å². The van der Waals surface area contributed by atoms with Crippen LogP contribution in [0.4, 0.5) is 0 Å². The number of hydrogen-bond acceptors (Lipinski definition) is 5. The van der Waals surface area contributed by atoms with Gasteiger partial charge in [-0.25, -0.2) is 4.79 Å². The van der Waals surface area contributed by atoms with E-state index in [1.807, 2.05) is 16.8 Å². The Bertz CT molecular complexity index is 507. The van der Waals surface area contributed by atoms with E-state index >= 15 is 0 Å². The highest BCUT2D eigenvalue weighted by Crippen LogP contribution is 2.18. The number of hydrogen-bond donors (Lipinski definition) is 3. The molecule has 3 N–H and O–H groups in total. The number of rotatable bonds is 6. The van der Waals surface area contributed by atoms with Gasteiger partial charge in [-0.05, 0) is 39.4 Å². The predicted molar refractivity (Wildman–Crippen MR) is 72.3 cm³/mol. The SMILES string of the molecule is O=C(O)c1sccc1CNCC(O)c1ccsc1. The van der Waals surface area contributed by atoms with E-state index in [9.17, 15) is 9.90 Å². The van der Waals surface area contributed by atoms with Crippen molar-refractivity contribution < 1.29 is 15.0 Å². The Kier molecular flexibility index (Phi) is 4.48. The van der Waals surface area contributed by atoms with Crippen LogP contribution in [-0.2, 0) is 6.54 Å². The first-order valence-electron chi connectivity index (χ1n) is 5.39. The molecule has 1 atom stereocenters. The molecule has 2 aromatic heterocycles. The second kappa shape index (κ2) is 6.10. The van der Waals surface area contributed by atoms with Crippen molar-refractivity contribution in [2.45, 2.75) is 12.6 Å². The normalized spacial score (nSPS) is 12.5. The molecule has 6 heteroatoms. The molecule has 2 rings (SSSR count). The molecule has 2 aromatic rings. The van der Waals surface area contributed by atoms with Crippen LogP contribution in [0.15, 0.2) is 28.3 Å². The fourth-order valence-electron chi connectivity index (χ4n) is 1.59. The third-order valence-corrected chi connectivity index (χ3v) is 4.17. The Morgan fingerprint density at radius 3 is 2.89 bits per heavy atom. The van der Waals surface area contributed by atoms with Crippen molar-refractivity contribution in [3.8, 4) is 0 Å². The van der Waals surface area contributed by atoms with Crippen LogP contribution in [0.3, 0.4) is 0 Å². The van der Waals surface area contributed by atoms with Crippen LogP contribution in [-0.4, -0.2) is 22.7 Å². The molecule has 0 radical (unpaired) electrons. The Morgan fingerprint density at radius 1 is 1.39 bits per heavy atom. The van der Waals surface area contributed by atoms with Crippen LogP contribution in [0.25, 0.3) is 0 Å². The molecule has 0 saturated heterocycles. The Balaban J connectivity index is 1.85. The van der Waals surface area contributed by atoms with Crippen LogP contribution in [0, 0.1) is 0 Å². The smallest absolute Gasteiger partial charge is 0.346 e. The second-order valence-electron chi connectivity index (χ2n) is 3.78. The summed E-state index contributed by atoms with van der Waals surface area (Å²) in [6.45, 7) is 0.859. The van der Waals surface area contributed by atoms with Gasteiger partial charge in [-0.15, -0.1) is 11.3 Å². The highest BCUT2D eigenvalue weighted by molar-refractivity contribution is 7.12. The van der Waals surface area contributed by atoms with Crippen molar-refractivity contribution in [3.05, 3.63) is 44.3 Å². The van der Waals surface area contributed by atoms with Gasteiger partial charge in [0.15, 0.2) is 0 Å². The molecule has 2 heterocycles. The summed E-state index contributed by atoms with van der Waals surface area (Å²) in [5.41, 5.74) is 1.64. The lowest BCUT2D eigenvalue weighted by Gasteiger charge is -2.10. The zero-order valence-electron chi connectivity index (χ0n) is 9.50. The first kappa shape index (κ1) is 13.2. The molecule has 0 aliphatic heterocycles. The predicted octanol–water partition coefficient (Wildman–Crippen LogP) is 2.33. The lowest BCUT2D eigenvalue weighted by molar-refractivity contribution is 0.0701. The number of nitrogens with one attached hydrogen (secondary N) is 1. The zero-order valence-corrected chi connectivity index (χ0v) is 11.1. The van der Waals surface area contributed by atoms with Crippen molar-refractivity contribution in [2.24, 2.45) is 0 Å². The minimum Gasteiger partial charge on any atom is -0.477 e. The summed E-state index contributed by atoms with van der Waals surface area (Å²) in [7, 11) is 0. The third-order valence-electron chi connectivity index (χ3n) is 2.52. The number of carboxylic acid groups (broad SMARTS) is 1. The number of aliphatic hydroxyl groups is 1. The Labute approximate surface area is 113 Å². The summed E-state index contributed by atoms with van der Waals surface area (Å²) in [6.07, 6.45) is -0.553. The highest BCUT2D eigenvalue weighted by atomic mass is 32.1. The molecule has 96 valence electrons. The van der Waals surface area contributed by atoms with Gasteiger partial charge in [0, 0.05) is 13.1 Å². The Hall–Kier alpha value is -1.21. The second-order valence-corrected chi connectivity index (χ2v) is 5.48. The minimum absolute atomic E-state index is 0.354. The lowest BCUT2D eigenvalue weighted by atomic mass is 10.2. The third kappa shape index (κ3) is 3.17. The van der Waals surface area contributed by atoms with E-state index in [1.54, 1.807) is 22.8 Å². The van der Waals surface area contributed by atoms with Crippen molar-refractivity contribution in [3.63, 3.8) is 0 Å². The van der Waals surface area contributed by atoms with Crippen LogP contribution < -0.4 is 5.32 Å². The summed E-state index contributed by atoms with van der Waals surface area (Å²) in [6, 6.07) is 3.67. The van der Waals surface area contributed by atoms with E-state index in [1.165, 1.54) is 11.3 Å². The number of aromatic carboxylic acids is 1. The number of carbonyl (C=O) groups is 1. The van der Waals surface area contributed by atoms with Gasteiger partial charge in [-0.1, -0.05) is 0 Å². The van der Waals surface area contributed by atoms with Gasteiger partial charge < -0.3 is 15.5 Å². The molecular formula is C12H13NO3S2. The van der Waals surface area contributed by atoms with Crippen LogP contribution in [0.2, 0.25) is 0 Å². The van der Waals surface area contributed by atoms with Crippen molar-refractivity contribution in [1.82, 2.24) is 5.32 Å². The summed E-state index contributed by atoms with van der Waals surface area (Å²) >= 11 is 2.76. The molecule has 0 amide bonds. The van der Waals surface area contributed by atoms with E-state index in [-0.39, 0.29) is 0 Å². The van der Waals surface area contributed by atoms with Crippen molar-refractivity contribution in [2.75, 3.05) is 6.54 Å². The standard InChI is InChI=1S/C12H13NO3S2/c14-10(9-1-3-17-7-9)6-13-5-8-2-4-18-11(8)12(15)16/h1-4,7,10,13-14H,5-6H2,(H,15,16). The van der Waals surface area contributed by atoms with Gasteiger partial charge >= 0.3 is 5.97 Å². The van der Waals surface area contributed by atoms with E-state index < -0.39 is 12.1 Å². The topological polar surface area (TPSA) is 69.6 Å². The molecule has 0 aliphatic carbocycles. The summed E-state index contributed by atoms with van der Waals surface area (Å²) in [5, 5.41) is 27.4. The summed E-state index contributed by atoms with van der Waals surface area (Å²) in [4.78, 5) is 11.3. The van der Waals surface area contributed by atoms with Gasteiger partial charge in [0.1, 0.15) is 4.88 Å². The molecule has 0 fully saturated rings. The van der Waals surface area contributed by atoms with E-state index in [4.69, 9.17) is 5.11 Å². The zero-order chi connectivity index (χ0) is 13.0. The summed E-state index contributed by atoms with van der Waals surface area (Å²) < 4.78 is 0. The van der Waals surface area contributed by atoms with E-state index in [0.717, 1.165) is 11.1 Å². The van der Waals surface area contributed by atoms with Crippen molar-refractivity contribution in [1.29, 1.82) is 0 Å². The largest absolute Gasteiger partial charge is 0.477 e. The van der Waals surface area contributed by atoms with Crippen LogP contribution in [0.5, 0.6) is 0 Å². The number of thiophene rings is 2. The molecule has 4 nitrogen and oxygen atoms in total. The monoisotopic (exact) mass is 283 g/mol. The summed E-state index contributed by atoms with van der Waals surface area (Å²) in [5.74, 6) is -0.903. The molecular weight excluding hydrogens is 270 g/mol. The van der Waals surface area contributed by atoms with Crippen LogP contribution >= 0.6 is 22.7 Å². The fourth-order valence-corrected chi connectivity index (χ4v) is 3.06. The molecule has 0 spiro atoms. The van der Waals surface area contributed by atoms with Gasteiger partial charge in [-0.2, -0.15) is 11.3 Å². The maximum Gasteiger partial charge on any atom is 0.346 e. The first-order chi connectivity index (χ1) is 8.68. The van der Waals surface area contributed by atoms with Gasteiger partial charge in [-0.3, -0.25) is 0 Å².